The zero-order chi connectivity index (χ0) is 21.4. The summed E-state index contributed by atoms with van der Waals surface area (Å²) < 4.78 is 9.50. The number of hydrogen-bond acceptors (Lipinski definition) is 5. The van der Waals surface area contributed by atoms with Crippen LogP contribution in [0.5, 0.6) is 5.75 Å². The van der Waals surface area contributed by atoms with Crippen molar-refractivity contribution in [3.63, 3.8) is 0 Å². The highest BCUT2D eigenvalue weighted by molar-refractivity contribution is 5.51. The van der Waals surface area contributed by atoms with E-state index in [9.17, 15) is 4.79 Å². The Balaban J connectivity index is 1.40. The van der Waals surface area contributed by atoms with E-state index in [1.165, 1.54) is 11.8 Å². The van der Waals surface area contributed by atoms with Gasteiger partial charge in [-0.25, -0.2) is 4.98 Å². The van der Waals surface area contributed by atoms with Crippen molar-refractivity contribution in [2.45, 2.75) is 39.5 Å². The van der Waals surface area contributed by atoms with Crippen molar-refractivity contribution < 1.29 is 4.74 Å². The number of fused-ring (bicyclic) bond motifs is 3. The predicted octanol–water partition coefficient (Wildman–Crippen LogP) is 3.23. The zero-order valence-electron chi connectivity index (χ0n) is 17.7. The molecule has 4 aromatic heterocycles. The third kappa shape index (κ3) is 3.84. The number of imidazole rings is 1. The molecule has 0 unspecified atom stereocenters. The van der Waals surface area contributed by atoms with E-state index in [1.807, 2.05) is 30.5 Å². The molecule has 0 aliphatic carbocycles. The Labute approximate surface area is 180 Å². The maximum atomic E-state index is 12.7. The molecule has 0 fully saturated rings. The fraction of sp³-hybridized carbons (Fsp3) is 0.292. The van der Waals surface area contributed by atoms with Crippen molar-refractivity contribution in [1.29, 1.82) is 0 Å². The van der Waals surface area contributed by atoms with E-state index < -0.39 is 0 Å². The predicted molar refractivity (Wildman–Crippen MR) is 119 cm³/mol. The second-order valence-electron chi connectivity index (χ2n) is 8.15. The van der Waals surface area contributed by atoms with Crippen LogP contribution in [-0.4, -0.2) is 36.4 Å². The van der Waals surface area contributed by atoms with Gasteiger partial charge in [0, 0.05) is 68.0 Å². The molecule has 1 aliphatic heterocycles. The van der Waals surface area contributed by atoms with Crippen molar-refractivity contribution in [2.24, 2.45) is 0 Å². The molecule has 0 amide bonds. The Bertz CT molecular complexity index is 1280. The normalized spacial score (nSPS) is 14.2. The van der Waals surface area contributed by atoms with Crippen LogP contribution in [0.2, 0.25) is 0 Å². The van der Waals surface area contributed by atoms with E-state index in [0.29, 0.717) is 18.4 Å². The molecule has 5 rings (SSSR count). The highest BCUT2D eigenvalue weighted by atomic mass is 16.5. The quantitative estimate of drug-likeness (QED) is 0.501. The van der Waals surface area contributed by atoms with Gasteiger partial charge in [-0.05, 0) is 32.0 Å². The molecule has 0 atom stereocenters. The average molecular weight is 415 g/mol. The Kier molecular flexibility index (Phi) is 5.03. The first-order valence-corrected chi connectivity index (χ1v) is 10.6. The summed E-state index contributed by atoms with van der Waals surface area (Å²) in [5, 5.41) is 0. The van der Waals surface area contributed by atoms with E-state index in [0.717, 1.165) is 42.1 Å². The standard InChI is InChI=1S/C24H25N5O2/c1-17(2)27-9-7-21-22(15-27)29-10-5-19(12-23(29)26-21)28-11-6-20(13-24(28)30)31-16-18-4-3-8-25-14-18/h3-6,8,10-14,17H,7,9,15-16H2,1-2H3. The highest BCUT2D eigenvalue weighted by Gasteiger charge is 2.23. The van der Waals surface area contributed by atoms with Crippen LogP contribution < -0.4 is 10.3 Å². The Morgan fingerprint density at radius 1 is 1.16 bits per heavy atom. The molecule has 158 valence electrons. The summed E-state index contributed by atoms with van der Waals surface area (Å²) in [4.78, 5) is 24.1. The summed E-state index contributed by atoms with van der Waals surface area (Å²) in [7, 11) is 0. The van der Waals surface area contributed by atoms with Crippen molar-refractivity contribution in [1.82, 2.24) is 23.8 Å². The molecule has 0 N–H and O–H groups in total. The SMILES string of the molecule is CC(C)N1CCc2nc3cc(-n4ccc(OCc5cccnc5)cc4=O)ccn3c2C1. The second-order valence-corrected chi connectivity index (χ2v) is 8.15. The zero-order valence-corrected chi connectivity index (χ0v) is 17.7. The molecule has 0 saturated heterocycles. The summed E-state index contributed by atoms with van der Waals surface area (Å²) in [5.74, 6) is 0.538. The first kappa shape index (κ1) is 19.5. The lowest BCUT2D eigenvalue weighted by molar-refractivity contribution is 0.199. The van der Waals surface area contributed by atoms with Gasteiger partial charge in [0.2, 0.25) is 0 Å². The number of hydrogen-bond donors (Lipinski definition) is 0. The summed E-state index contributed by atoms with van der Waals surface area (Å²) >= 11 is 0. The van der Waals surface area contributed by atoms with Gasteiger partial charge in [0.1, 0.15) is 18.0 Å². The van der Waals surface area contributed by atoms with Crippen LogP contribution >= 0.6 is 0 Å². The minimum absolute atomic E-state index is 0.143. The smallest absolute Gasteiger partial charge is 0.258 e. The fourth-order valence-electron chi connectivity index (χ4n) is 4.03. The Hall–Kier alpha value is -3.45. The molecule has 31 heavy (non-hydrogen) atoms. The van der Waals surface area contributed by atoms with Crippen LogP contribution in [0.3, 0.4) is 0 Å². The van der Waals surface area contributed by atoms with Gasteiger partial charge in [0.25, 0.3) is 5.56 Å². The van der Waals surface area contributed by atoms with Crippen LogP contribution in [0.4, 0.5) is 0 Å². The van der Waals surface area contributed by atoms with Crippen molar-refractivity contribution >= 4 is 5.65 Å². The monoisotopic (exact) mass is 415 g/mol. The van der Waals surface area contributed by atoms with Gasteiger partial charge < -0.3 is 9.14 Å². The molecule has 0 aromatic carbocycles. The number of aromatic nitrogens is 4. The van der Waals surface area contributed by atoms with Crippen molar-refractivity contribution in [3.05, 3.63) is 88.5 Å². The van der Waals surface area contributed by atoms with Gasteiger partial charge >= 0.3 is 0 Å². The Morgan fingerprint density at radius 2 is 2.06 bits per heavy atom. The van der Waals surface area contributed by atoms with Crippen LogP contribution in [0.1, 0.15) is 30.8 Å². The summed E-state index contributed by atoms with van der Waals surface area (Å²) in [6.07, 6.45) is 8.18. The van der Waals surface area contributed by atoms with Crippen molar-refractivity contribution in [2.75, 3.05) is 6.54 Å². The van der Waals surface area contributed by atoms with Crippen LogP contribution in [0.15, 0.2) is 66.0 Å². The molecule has 5 heterocycles. The van der Waals surface area contributed by atoms with E-state index in [2.05, 4.69) is 28.1 Å². The Morgan fingerprint density at radius 3 is 2.84 bits per heavy atom. The summed E-state index contributed by atoms with van der Waals surface area (Å²) in [6.45, 7) is 6.75. The third-order valence-electron chi connectivity index (χ3n) is 5.81. The van der Waals surface area contributed by atoms with Gasteiger partial charge in [0.15, 0.2) is 0 Å². The molecule has 1 aliphatic rings. The van der Waals surface area contributed by atoms with Crippen molar-refractivity contribution in [3.8, 4) is 11.4 Å². The largest absolute Gasteiger partial charge is 0.489 e. The third-order valence-corrected chi connectivity index (χ3v) is 5.81. The summed E-state index contributed by atoms with van der Waals surface area (Å²) in [5.41, 5.74) is 4.87. The molecule has 4 aromatic rings. The van der Waals surface area contributed by atoms with E-state index in [4.69, 9.17) is 9.72 Å². The lowest BCUT2D eigenvalue weighted by Gasteiger charge is -2.29. The topological polar surface area (TPSA) is 64.7 Å². The van der Waals surface area contributed by atoms with Gasteiger partial charge in [0.05, 0.1) is 17.1 Å². The molecular formula is C24H25N5O2. The minimum Gasteiger partial charge on any atom is -0.489 e. The van der Waals surface area contributed by atoms with Gasteiger partial charge in [-0.1, -0.05) is 6.07 Å². The molecular weight excluding hydrogens is 390 g/mol. The number of nitrogens with zero attached hydrogens (tertiary/aromatic N) is 5. The van der Waals surface area contributed by atoms with Crippen LogP contribution in [-0.2, 0) is 19.6 Å². The van der Waals surface area contributed by atoms with Crippen LogP contribution in [0, 0.1) is 0 Å². The molecule has 7 heteroatoms. The summed E-state index contributed by atoms with van der Waals surface area (Å²) in [6, 6.07) is 11.6. The first-order valence-electron chi connectivity index (χ1n) is 10.6. The van der Waals surface area contributed by atoms with Gasteiger partial charge in [-0.15, -0.1) is 0 Å². The molecule has 0 bridgehead atoms. The number of pyridine rings is 3. The lowest BCUT2D eigenvalue weighted by Crippen LogP contribution is -2.36. The minimum atomic E-state index is -0.143. The fourth-order valence-corrected chi connectivity index (χ4v) is 4.03. The maximum absolute atomic E-state index is 12.7. The van der Waals surface area contributed by atoms with Gasteiger partial charge in [-0.2, -0.15) is 0 Å². The average Bonchev–Trinajstić information content (AvgIpc) is 3.15. The number of rotatable bonds is 5. The molecule has 0 spiro atoms. The number of ether oxygens (including phenoxy) is 1. The van der Waals surface area contributed by atoms with Crippen LogP contribution in [0.25, 0.3) is 11.3 Å². The molecule has 0 saturated carbocycles. The lowest BCUT2D eigenvalue weighted by atomic mass is 10.1. The molecule has 0 radical (unpaired) electrons. The first-order chi connectivity index (χ1) is 15.1. The second kappa shape index (κ2) is 8.00. The molecule has 7 nitrogen and oxygen atoms in total. The van der Waals surface area contributed by atoms with E-state index in [1.54, 1.807) is 29.2 Å². The van der Waals surface area contributed by atoms with E-state index in [-0.39, 0.29) is 5.56 Å². The maximum Gasteiger partial charge on any atom is 0.258 e. The highest BCUT2D eigenvalue weighted by Crippen LogP contribution is 2.23. The van der Waals surface area contributed by atoms with E-state index >= 15 is 0 Å². The van der Waals surface area contributed by atoms with Gasteiger partial charge in [-0.3, -0.25) is 19.2 Å².